The molecule has 23 heteroatoms. The fraction of sp³-hybridized carbons (Fsp3) is 0.966. The predicted octanol–water partition coefficient (Wildman–Crippen LogP) is -8.50. The largest absolute Gasteiger partial charge is 0.479 e. The lowest BCUT2D eigenvalue weighted by Gasteiger charge is -2.49. The number of carboxylic acid groups (broad SMARTS) is 1. The molecule has 4 aliphatic heterocycles. The van der Waals surface area contributed by atoms with Crippen LogP contribution in [0.1, 0.15) is 19.3 Å². The van der Waals surface area contributed by atoms with Gasteiger partial charge in [-0.15, -0.1) is 0 Å². The maximum absolute atomic E-state index is 11.4. The first-order valence-electron chi connectivity index (χ1n) is 16.8. The van der Waals surface area contributed by atoms with Gasteiger partial charge in [0.1, 0.15) is 91.6 Å². The van der Waals surface area contributed by atoms with Gasteiger partial charge in [0.25, 0.3) is 0 Å². The molecule has 0 spiro atoms. The molecular weight excluding hydrogens is 714 g/mol. The van der Waals surface area contributed by atoms with Crippen LogP contribution in [0.4, 0.5) is 0 Å². The van der Waals surface area contributed by atoms with Gasteiger partial charge in [-0.1, -0.05) is 0 Å². The summed E-state index contributed by atoms with van der Waals surface area (Å²) in [6.07, 6.45) is -34.4. The molecule has 0 aromatic rings. The van der Waals surface area contributed by atoms with E-state index in [4.69, 9.17) is 43.6 Å². The number of aliphatic hydroxyl groups is 12. The summed E-state index contributed by atoms with van der Waals surface area (Å²) < 4.78 is 43.9. The average Bonchev–Trinajstić information content (AvgIpc) is 3.13. The topological polar surface area (TPSA) is 380 Å². The number of rotatable bonds is 16. The number of carboxylic acids is 1. The minimum Gasteiger partial charge on any atom is -0.479 e. The molecule has 0 amide bonds. The summed E-state index contributed by atoms with van der Waals surface area (Å²) >= 11 is 0. The Labute approximate surface area is 296 Å². The zero-order valence-corrected chi connectivity index (χ0v) is 27.8. The number of unbranched alkanes of at least 4 members (excludes halogenated alkanes) is 2. The van der Waals surface area contributed by atoms with Gasteiger partial charge in [-0.2, -0.15) is 0 Å². The lowest BCUT2D eigenvalue weighted by atomic mass is 9.95. The standard InChI is InChI=1S/C29H51NO22/c30-4-2-1-3-5-45-26-18(40)14(36)21(9(6-31)46-26)49-27-19(41)15(37)22(10(7-32)47-27)50-28-20(42)16(38)23(11(8-33)48-28)51-29-17(39)12(34)13(35)24(52-29)25(43)44/h9-24,26-29,31-42H,1-8,30H2,(H,43,44). The Morgan fingerprint density at radius 2 is 0.885 bits per heavy atom. The number of nitrogens with two attached hydrogens (primary N) is 1. The van der Waals surface area contributed by atoms with E-state index in [1.54, 1.807) is 0 Å². The van der Waals surface area contributed by atoms with Crippen LogP contribution in [0.5, 0.6) is 0 Å². The van der Waals surface area contributed by atoms with Crippen LogP contribution >= 0.6 is 0 Å². The second-order valence-electron chi connectivity index (χ2n) is 12.9. The first-order valence-corrected chi connectivity index (χ1v) is 16.8. The van der Waals surface area contributed by atoms with Gasteiger partial charge in [0, 0.05) is 6.61 Å². The van der Waals surface area contributed by atoms with Crippen molar-refractivity contribution in [3.8, 4) is 0 Å². The normalized spacial score (nSPS) is 47.3. The quantitative estimate of drug-likeness (QED) is 0.0649. The third-order valence-corrected chi connectivity index (χ3v) is 9.28. The monoisotopic (exact) mass is 765 g/mol. The molecule has 23 nitrogen and oxygen atoms in total. The predicted molar refractivity (Wildman–Crippen MR) is 161 cm³/mol. The number of carbonyl (C=O) groups is 1. The highest BCUT2D eigenvalue weighted by molar-refractivity contribution is 5.73. The number of hydrogen-bond donors (Lipinski definition) is 14. The molecule has 4 heterocycles. The van der Waals surface area contributed by atoms with Crippen LogP contribution in [0, 0.1) is 0 Å². The van der Waals surface area contributed by atoms with Crippen molar-refractivity contribution >= 4 is 5.97 Å². The molecule has 20 atom stereocenters. The van der Waals surface area contributed by atoms with Gasteiger partial charge in [0.05, 0.1) is 19.8 Å². The van der Waals surface area contributed by atoms with Crippen molar-refractivity contribution in [2.75, 3.05) is 33.0 Å². The molecule has 4 rings (SSSR count). The van der Waals surface area contributed by atoms with Crippen molar-refractivity contribution < 1.29 is 109 Å². The molecule has 0 aliphatic carbocycles. The summed E-state index contributed by atoms with van der Waals surface area (Å²) in [6, 6.07) is 0. The van der Waals surface area contributed by atoms with Gasteiger partial charge in [-0.05, 0) is 25.8 Å². The van der Waals surface area contributed by atoms with E-state index < -0.39 is 149 Å². The lowest BCUT2D eigenvalue weighted by molar-refractivity contribution is -0.387. The van der Waals surface area contributed by atoms with E-state index in [1.807, 2.05) is 0 Å². The number of hydrogen-bond acceptors (Lipinski definition) is 22. The van der Waals surface area contributed by atoms with Crippen LogP contribution in [0.3, 0.4) is 0 Å². The van der Waals surface area contributed by atoms with Gasteiger partial charge in [-0.25, -0.2) is 4.79 Å². The molecule has 15 N–H and O–H groups in total. The van der Waals surface area contributed by atoms with Crippen molar-refractivity contribution in [3.05, 3.63) is 0 Å². The van der Waals surface area contributed by atoms with E-state index in [9.17, 15) is 71.2 Å². The van der Waals surface area contributed by atoms with E-state index in [0.29, 0.717) is 13.0 Å². The third kappa shape index (κ3) is 9.52. The van der Waals surface area contributed by atoms with E-state index in [-0.39, 0.29) is 6.61 Å². The van der Waals surface area contributed by atoms with Crippen LogP contribution in [0.2, 0.25) is 0 Å². The van der Waals surface area contributed by atoms with Crippen LogP contribution in [0.25, 0.3) is 0 Å². The molecule has 0 aromatic heterocycles. The second-order valence-corrected chi connectivity index (χ2v) is 12.9. The van der Waals surface area contributed by atoms with Gasteiger partial charge in [0.15, 0.2) is 31.3 Å². The maximum Gasteiger partial charge on any atom is 0.335 e. The Kier molecular flexibility index (Phi) is 16.2. The summed E-state index contributed by atoms with van der Waals surface area (Å²) in [7, 11) is 0. The smallest absolute Gasteiger partial charge is 0.335 e. The first-order chi connectivity index (χ1) is 24.7. The minimum atomic E-state index is -2.09. The Morgan fingerprint density at radius 1 is 0.500 bits per heavy atom. The van der Waals surface area contributed by atoms with Crippen molar-refractivity contribution in [3.63, 3.8) is 0 Å². The highest BCUT2D eigenvalue weighted by Gasteiger charge is 2.55. The number of ether oxygens (including phenoxy) is 8. The summed E-state index contributed by atoms with van der Waals surface area (Å²) in [4.78, 5) is 11.4. The highest BCUT2D eigenvalue weighted by atomic mass is 16.8. The molecule has 304 valence electrons. The minimum absolute atomic E-state index is 0.151. The van der Waals surface area contributed by atoms with E-state index in [1.165, 1.54) is 0 Å². The van der Waals surface area contributed by atoms with Crippen molar-refractivity contribution in [2.45, 2.75) is 142 Å². The average molecular weight is 766 g/mol. The van der Waals surface area contributed by atoms with Crippen molar-refractivity contribution in [2.24, 2.45) is 5.73 Å². The molecule has 4 fully saturated rings. The fourth-order valence-electron chi connectivity index (χ4n) is 6.28. The Bertz CT molecular complexity index is 1090. The summed E-state index contributed by atoms with van der Waals surface area (Å²) in [5, 5.41) is 135. The molecule has 20 unspecified atom stereocenters. The molecule has 0 radical (unpaired) electrons. The van der Waals surface area contributed by atoms with Gasteiger partial charge in [-0.3, -0.25) is 0 Å². The van der Waals surface area contributed by atoms with Crippen LogP contribution in [-0.2, 0) is 42.7 Å². The van der Waals surface area contributed by atoms with Gasteiger partial charge < -0.3 is 110 Å². The fourth-order valence-corrected chi connectivity index (χ4v) is 6.28. The molecule has 52 heavy (non-hydrogen) atoms. The van der Waals surface area contributed by atoms with Gasteiger partial charge in [0.2, 0.25) is 0 Å². The zero-order valence-electron chi connectivity index (χ0n) is 27.8. The molecule has 4 aliphatic rings. The first kappa shape index (κ1) is 43.4. The van der Waals surface area contributed by atoms with Crippen LogP contribution in [-0.4, -0.2) is 228 Å². The Hall–Kier alpha value is -1.37. The Balaban J connectivity index is 1.39. The van der Waals surface area contributed by atoms with Crippen molar-refractivity contribution in [1.82, 2.24) is 0 Å². The number of aliphatic hydroxyl groups excluding tert-OH is 12. The summed E-state index contributed by atoms with van der Waals surface area (Å²) in [5.41, 5.74) is 5.46. The van der Waals surface area contributed by atoms with E-state index in [0.717, 1.165) is 12.8 Å². The SMILES string of the molecule is NCCCCCOC1OC(CO)C(OC2OC(CO)C(OC3OC(CO)C(OC4OC(C(=O)O)C(O)C(O)C4O)C(O)C3O)C(O)C2O)C(O)C1O. The molecule has 0 aromatic carbocycles. The highest BCUT2D eigenvalue weighted by Crippen LogP contribution is 2.34. The second kappa shape index (κ2) is 19.5. The summed E-state index contributed by atoms with van der Waals surface area (Å²) in [5.74, 6) is -1.72. The number of aliphatic carboxylic acids is 1. The van der Waals surface area contributed by atoms with Crippen LogP contribution < -0.4 is 5.73 Å². The molecular formula is C29H51NO22. The zero-order chi connectivity index (χ0) is 38.4. The molecule has 4 saturated heterocycles. The maximum atomic E-state index is 11.4. The van der Waals surface area contributed by atoms with E-state index in [2.05, 4.69) is 0 Å². The summed E-state index contributed by atoms with van der Waals surface area (Å²) in [6.45, 7) is -1.98. The molecule has 0 bridgehead atoms. The third-order valence-electron chi connectivity index (χ3n) is 9.28. The molecule has 0 saturated carbocycles. The van der Waals surface area contributed by atoms with Gasteiger partial charge >= 0.3 is 5.97 Å². The van der Waals surface area contributed by atoms with E-state index >= 15 is 0 Å². The lowest BCUT2D eigenvalue weighted by Crippen LogP contribution is -2.67. The van der Waals surface area contributed by atoms with Crippen molar-refractivity contribution in [1.29, 1.82) is 0 Å². The van der Waals surface area contributed by atoms with Crippen LogP contribution in [0.15, 0.2) is 0 Å². The Morgan fingerprint density at radius 3 is 1.29 bits per heavy atom.